The van der Waals surface area contributed by atoms with Crippen molar-refractivity contribution in [1.82, 2.24) is 10.6 Å². The highest BCUT2D eigenvalue weighted by atomic mass is 79.9. The number of rotatable bonds is 8. The van der Waals surface area contributed by atoms with Crippen molar-refractivity contribution in [3.05, 3.63) is 69.9 Å². The molecule has 2 aromatic carbocycles. The van der Waals surface area contributed by atoms with Crippen molar-refractivity contribution < 1.29 is 18.8 Å². The van der Waals surface area contributed by atoms with E-state index in [1.54, 1.807) is 18.2 Å². The predicted octanol–water partition coefficient (Wildman–Crippen LogP) is 1.85. The highest BCUT2D eigenvalue weighted by Gasteiger charge is 2.26. The summed E-state index contributed by atoms with van der Waals surface area (Å²) < 4.78 is 14.8. The Morgan fingerprint density at radius 1 is 1.00 bits per heavy atom. The number of benzene rings is 2. The van der Waals surface area contributed by atoms with Crippen LogP contribution >= 0.6 is 15.9 Å². The van der Waals surface area contributed by atoms with Gasteiger partial charge in [-0.15, -0.1) is 0 Å². The van der Waals surface area contributed by atoms with Gasteiger partial charge in [0.05, 0.1) is 0 Å². The second-order valence-electron chi connectivity index (χ2n) is 6.34. The first-order valence-electron chi connectivity index (χ1n) is 8.61. The third kappa shape index (κ3) is 6.45. The standard InChI is InChI=1S/C20H21BrFN3O3/c1-12(26)24-18(11-14-4-2-3-5-16(14)22)20(28)25-17(19(23)27)10-13-6-8-15(21)9-7-13/h2-9,17-18H,10-11H2,1H3,(H2,23,27)(H,24,26)(H,25,28)/t17-,18-/m1/s1. The Kier molecular flexibility index (Phi) is 7.69. The maximum atomic E-state index is 13.9. The van der Waals surface area contributed by atoms with Crippen LogP contribution in [-0.4, -0.2) is 29.8 Å². The van der Waals surface area contributed by atoms with E-state index in [0.29, 0.717) is 0 Å². The predicted molar refractivity (Wildman–Crippen MR) is 107 cm³/mol. The minimum Gasteiger partial charge on any atom is -0.368 e. The first-order chi connectivity index (χ1) is 13.3. The van der Waals surface area contributed by atoms with E-state index in [1.165, 1.54) is 25.1 Å². The summed E-state index contributed by atoms with van der Waals surface area (Å²) in [5, 5.41) is 5.06. The van der Waals surface area contributed by atoms with Gasteiger partial charge in [0.1, 0.15) is 17.9 Å². The highest BCUT2D eigenvalue weighted by Crippen LogP contribution is 2.13. The van der Waals surface area contributed by atoms with Gasteiger partial charge in [0.25, 0.3) is 0 Å². The van der Waals surface area contributed by atoms with Gasteiger partial charge < -0.3 is 16.4 Å². The van der Waals surface area contributed by atoms with Gasteiger partial charge in [-0.3, -0.25) is 14.4 Å². The Hall–Kier alpha value is -2.74. The number of halogens is 2. The number of hydrogen-bond donors (Lipinski definition) is 3. The lowest BCUT2D eigenvalue weighted by Gasteiger charge is -2.22. The van der Waals surface area contributed by atoms with Crippen molar-refractivity contribution in [2.45, 2.75) is 31.8 Å². The van der Waals surface area contributed by atoms with Crippen LogP contribution in [-0.2, 0) is 27.2 Å². The summed E-state index contributed by atoms with van der Waals surface area (Å²) in [4.78, 5) is 36.0. The molecular formula is C20H21BrFN3O3. The quantitative estimate of drug-likeness (QED) is 0.572. The summed E-state index contributed by atoms with van der Waals surface area (Å²) in [5.41, 5.74) is 6.51. The fourth-order valence-electron chi connectivity index (χ4n) is 2.69. The first kappa shape index (κ1) is 21.6. The lowest BCUT2D eigenvalue weighted by Crippen LogP contribution is -2.54. The largest absolute Gasteiger partial charge is 0.368 e. The van der Waals surface area contributed by atoms with Crippen molar-refractivity contribution in [2.24, 2.45) is 5.73 Å². The molecule has 0 aromatic heterocycles. The van der Waals surface area contributed by atoms with Crippen LogP contribution < -0.4 is 16.4 Å². The number of nitrogens with two attached hydrogens (primary N) is 1. The minimum atomic E-state index is -1.04. The zero-order valence-electron chi connectivity index (χ0n) is 15.2. The average Bonchev–Trinajstić information content (AvgIpc) is 2.63. The molecule has 6 nitrogen and oxygen atoms in total. The fraction of sp³-hybridized carbons (Fsp3) is 0.250. The summed E-state index contributed by atoms with van der Waals surface area (Å²) >= 11 is 3.33. The van der Waals surface area contributed by atoms with Crippen LogP contribution in [0.25, 0.3) is 0 Å². The van der Waals surface area contributed by atoms with Crippen molar-refractivity contribution in [3.63, 3.8) is 0 Å². The molecule has 0 saturated heterocycles. The fourth-order valence-corrected chi connectivity index (χ4v) is 2.95. The molecule has 0 heterocycles. The average molecular weight is 450 g/mol. The Balaban J connectivity index is 2.14. The van der Waals surface area contributed by atoms with Crippen LogP contribution in [0.4, 0.5) is 4.39 Å². The number of hydrogen-bond acceptors (Lipinski definition) is 3. The molecule has 0 aliphatic heterocycles. The van der Waals surface area contributed by atoms with Crippen LogP contribution in [0.15, 0.2) is 53.0 Å². The van der Waals surface area contributed by atoms with Gasteiger partial charge in [-0.1, -0.05) is 46.3 Å². The molecule has 0 fully saturated rings. The van der Waals surface area contributed by atoms with E-state index in [-0.39, 0.29) is 18.4 Å². The van der Waals surface area contributed by atoms with Gasteiger partial charge in [-0.05, 0) is 29.3 Å². The summed E-state index contributed by atoms with van der Waals surface area (Å²) in [6, 6.07) is 11.2. The number of carbonyl (C=O) groups is 3. The van der Waals surface area contributed by atoms with E-state index in [0.717, 1.165) is 10.0 Å². The zero-order valence-corrected chi connectivity index (χ0v) is 16.8. The van der Waals surface area contributed by atoms with Crippen molar-refractivity contribution in [3.8, 4) is 0 Å². The molecule has 4 N–H and O–H groups in total. The van der Waals surface area contributed by atoms with Gasteiger partial charge in [-0.25, -0.2) is 4.39 Å². The van der Waals surface area contributed by atoms with Gasteiger partial charge >= 0.3 is 0 Å². The highest BCUT2D eigenvalue weighted by molar-refractivity contribution is 9.10. The second kappa shape index (κ2) is 9.98. The minimum absolute atomic E-state index is 0.0537. The van der Waals surface area contributed by atoms with Crippen LogP contribution in [0.3, 0.4) is 0 Å². The van der Waals surface area contributed by atoms with E-state index < -0.39 is 35.6 Å². The molecule has 0 radical (unpaired) electrons. The molecule has 0 spiro atoms. The van der Waals surface area contributed by atoms with Gasteiger partial charge in [0.2, 0.25) is 17.7 Å². The molecule has 3 amide bonds. The lowest BCUT2D eigenvalue weighted by molar-refractivity contribution is -0.130. The van der Waals surface area contributed by atoms with Crippen LogP contribution in [0.2, 0.25) is 0 Å². The van der Waals surface area contributed by atoms with E-state index in [1.807, 2.05) is 12.1 Å². The number of nitrogens with one attached hydrogen (secondary N) is 2. The number of primary amides is 1. The Bertz CT molecular complexity index is 858. The summed E-state index contributed by atoms with van der Waals surface area (Å²) in [7, 11) is 0. The molecule has 2 aromatic rings. The van der Waals surface area contributed by atoms with Gasteiger partial charge in [0, 0.05) is 24.2 Å². The van der Waals surface area contributed by atoms with E-state index >= 15 is 0 Å². The maximum absolute atomic E-state index is 13.9. The van der Waals surface area contributed by atoms with Crippen molar-refractivity contribution >= 4 is 33.7 Å². The molecule has 0 saturated carbocycles. The molecule has 2 atom stereocenters. The second-order valence-corrected chi connectivity index (χ2v) is 7.26. The molecule has 8 heteroatoms. The first-order valence-corrected chi connectivity index (χ1v) is 9.40. The topological polar surface area (TPSA) is 101 Å². The van der Waals surface area contributed by atoms with E-state index in [4.69, 9.17) is 5.73 Å². The third-order valence-corrected chi connectivity index (χ3v) is 4.62. The molecule has 0 unspecified atom stereocenters. The molecule has 0 bridgehead atoms. The lowest BCUT2D eigenvalue weighted by atomic mass is 10.0. The van der Waals surface area contributed by atoms with Crippen molar-refractivity contribution in [2.75, 3.05) is 0 Å². The summed E-state index contributed by atoms with van der Waals surface area (Å²) in [5.74, 6) is -2.24. The van der Waals surface area contributed by atoms with E-state index in [9.17, 15) is 18.8 Å². The maximum Gasteiger partial charge on any atom is 0.243 e. The van der Waals surface area contributed by atoms with Crippen LogP contribution in [0, 0.1) is 5.82 Å². The molecule has 2 rings (SSSR count). The Labute approximate surface area is 170 Å². The van der Waals surface area contributed by atoms with Crippen molar-refractivity contribution in [1.29, 1.82) is 0 Å². The summed E-state index contributed by atoms with van der Waals surface area (Å²) in [6.45, 7) is 1.26. The summed E-state index contributed by atoms with van der Waals surface area (Å²) in [6.07, 6.45) is 0.142. The SMILES string of the molecule is CC(=O)N[C@H](Cc1ccccc1F)C(=O)N[C@H](Cc1ccc(Br)cc1)C(N)=O. The van der Waals surface area contributed by atoms with Gasteiger partial charge in [0.15, 0.2) is 0 Å². The monoisotopic (exact) mass is 449 g/mol. The number of carbonyl (C=O) groups excluding carboxylic acids is 3. The Morgan fingerprint density at radius 3 is 2.21 bits per heavy atom. The molecule has 148 valence electrons. The van der Waals surface area contributed by atoms with Crippen LogP contribution in [0.1, 0.15) is 18.1 Å². The van der Waals surface area contributed by atoms with Gasteiger partial charge in [-0.2, -0.15) is 0 Å². The molecule has 0 aliphatic rings. The normalized spacial score (nSPS) is 12.7. The smallest absolute Gasteiger partial charge is 0.243 e. The zero-order chi connectivity index (χ0) is 20.7. The van der Waals surface area contributed by atoms with Crippen LogP contribution in [0.5, 0.6) is 0 Å². The molecule has 28 heavy (non-hydrogen) atoms. The number of amides is 3. The Morgan fingerprint density at radius 2 is 1.64 bits per heavy atom. The van der Waals surface area contributed by atoms with E-state index in [2.05, 4.69) is 26.6 Å². The molecule has 0 aliphatic carbocycles. The third-order valence-electron chi connectivity index (χ3n) is 4.09. The molecular weight excluding hydrogens is 429 g/mol.